The maximum atomic E-state index is 5.25. The fraction of sp³-hybridized carbons (Fsp3) is 0. The minimum atomic E-state index is 0.349. The second-order valence-corrected chi connectivity index (χ2v) is 4.65. The average molecular weight is 372 g/mol. The Morgan fingerprint density at radius 3 is 1.33 bits per heavy atom. The number of benzene rings is 1. The molecule has 0 unspecified atom stereocenters. The van der Waals surface area contributed by atoms with Gasteiger partial charge in [0.2, 0.25) is 11.8 Å². The molecule has 0 fully saturated rings. The second kappa shape index (κ2) is 4.62. The summed E-state index contributed by atoms with van der Waals surface area (Å²) in [6.45, 7) is 0. The smallest absolute Gasteiger partial charge is 0.285 e. The summed E-state index contributed by atoms with van der Waals surface area (Å²) >= 11 is 6.21. The molecular formula is C10H4Br2N4O2. The van der Waals surface area contributed by atoms with Crippen LogP contribution in [0.15, 0.2) is 42.7 Å². The van der Waals surface area contributed by atoms with E-state index in [9.17, 15) is 0 Å². The van der Waals surface area contributed by atoms with Gasteiger partial charge in [-0.25, -0.2) is 0 Å². The lowest BCUT2D eigenvalue weighted by Crippen LogP contribution is -1.81. The number of halogens is 2. The summed E-state index contributed by atoms with van der Waals surface area (Å²) in [4.78, 5) is 0.699. The Hall–Kier alpha value is -1.54. The zero-order chi connectivity index (χ0) is 12.5. The molecule has 0 saturated carbocycles. The Labute approximate surface area is 118 Å². The number of nitrogens with zero attached hydrogens (tertiary/aromatic N) is 4. The number of hydrogen-bond donors (Lipinski definition) is 0. The minimum Gasteiger partial charge on any atom is -0.411 e. The first-order valence-electron chi connectivity index (χ1n) is 4.81. The molecule has 90 valence electrons. The van der Waals surface area contributed by atoms with Crippen molar-refractivity contribution in [2.75, 3.05) is 0 Å². The molecule has 6 nitrogen and oxygen atoms in total. The van der Waals surface area contributed by atoms with E-state index in [1.54, 1.807) is 0 Å². The van der Waals surface area contributed by atoms with Crippen molar-refractivity contribution in [3.8, 4) is 22.9 Å². The fourth-order valence-electron chi connectivity index (χ4n) is 1.40. The molecule has 0 atom stereocenters. The maximum Gasteiger partial charge on any atom is 0.285 e. The summed E-state index contributed by atoms with van der Waals surface area (Å²) in [7, 11) is 0. The molecule has 18 heavy (non-hydrogen) atoms. The van der Waals surface area contributed by atoms with Crippen LogP contribution >= 0.6 is 31.9 Å². The van der Waals surface area contributed by atoms with Gasteiger partial charge in [0, 0.05) is 43.0 Å². The first-order chi connectivity index (χ1) is 8.72. The van der Waals surface area contributed by atoms with Crippen molar-refractivity contribution in [2.45, 2.75) is 0 Å². The quantitative estimate of drug-likeness (QED) is 0.687. The third-order valence-electron chi connectivity index (χ3n) is 2.18. The second-order valence-electron chi connectivity index (χ2n) is 3.30. The van der Waals surface area contributed by atoms with Crippen LogP contribution in [0.5, 0.6) is 0 Å². The maximum absolute atomic E-state index is 5.25. The summed E-state index contributed by atoms with van der Waals surface area (Å²) in [5, 5.41) is 15.2. The van der Waals surface area contributed by atoms with Crippen molar-refractivity contribution in [3.05, 3.63) is 33.9 Å². The van der Waals surface area contributed by atoms with E-state index in [2.05, 4.69) is 52.3 Å². The topological polar surface area (TPSA) is 77.8 Å². The normalized spacial score (nSPS) is 10.8. The van der Waals surface area contributed by atoms with E-state index in [1.807, 2.05) is 24.3 Å². The SMILES string of the molecule is Brc1nnc(-c2ccc(-c3nnc(Br)o3)cc2)o1. The number of rotatable bonds is 2. The Bertz CT molecular complexity index is 618. The van der Waals surface area contributed by atoms with Crippen LogP contribution in [-0.2, 0) is 0 Å². The van der Waals surface area contributed by atoms with Crippen LogP contribution in [0.3, 0.4) is 0 Å². The van der Waals surface area contributed by atoms with Crippen LogP contribution in [0.1, 0.15) is 0 Å². The first kappa shape index (κ1) is 11.5. The Kier molecular flexibility index (Phi) is 2.96. The summed E-state index contributed by atoms with van der Waals surface area (Å²) in [5.41, 5.74) is 1.63. The van der Waals surface area contributed by atoms with Gasteiger partial charge in [0.15, 0.2) is 0 Å². The number of hydrogen-bond acceptors (Lipinski definition) is 6. The predicted octanol–water partition coefficient (Wildman–Crippen LogP) is 3.31. The lowest BCUT2D eigenvalue weighted by Gasteiger charge is -1.96. The third kappa shape index (κ3) is 2.21. The van der Waals surface area contributed by atoms with Gasteiger partial charge in [-0.1, -0.05) is 0 Å². The molecule has 2 heterocycles. The van der Waals surface area contributed by atoms with Crippen molar-refractivity contribution >= 4 is 31.9 Å². The molecule has 2 aromatic heterocycles. The summed E-state index contributed by atoms with van der Waals surface area (Å²) in [6.07, 6.45) is 0. The highest BCUT2D eigenvalue weighted by atomic mass is 79.9. The highest BCUT2D eigenvalue weighted by Gasteiger charge is 2.09. The van der Waals surface area contributed by atoms with Crippen molar-refractivity contribution < 1.29 is 8.83 Å². The van der Waals surface area contributed by atoms with Crippen LogP contribution in [0.4, 0.5) is 0 Å². The molecule has 0 saturated heterocycles. The largest absolute Gasteiger partial charge is 0.411 e. The lowest BCUT2D eigenvalue weighted by atomic mass is 10.1. The lowest BCUT2D eigenvalue weighted by molar-refractivity contribution is 0.539. The predicted molar refractivity (Wildman–Crippen MR) is 68.4 cm³/mol. The molecule has 0 bridgehead atoms. The van der Waals surface area contributed by atoms with Crippen molar-refractivity contribution in [1.29, 1.82) is 0 Å². The minimum absolute atomic E-state index is 0.349. The van der Waals surface area contributed by atoms with Crippen molar-refractivity contribution in [3.63, 3.8) is 0 Å². The molecular weight excluding hydrogens is 368 g/mol. The Balaban J connectivity index is 1.94. The number of aromatic nitrogens is 4. The van der Waals surface area contributed by atoms with E-state index in [0.717, 1.165) is 11.1 Å². The molecule has 3 aromatic rings. The summed E-state index contributed by atoms with van der Waals surface area (Å²) in [6, 6.07) is 7.36. The van der Waals surface area contributed by atoms with Gasteiger partial charge in [0.25, 0.3) is 9.60 Å². The molecule has 0 aliphatic carbocycles. The molecule has 0 aliphatic rings. The van der Waals surface area contributed by atoms with Crippen LogP contribution in [0.25, 0.3) is 22.9 Å². The van der Waals surface area contributed by atoms with E-state index in [-0.39, 0.29) is 0 Å². The summed E-state index contributed by atoms with van der Waals surface area (Å²) < 4.78 is 10.5. The van der Waals surface area contributed by atoms with Crippen LogP contribution in [0.2, 0.25) is 0 Å². The van der Waals surface area contributed by atoms with E-state index in [4.69, 9.17) is 8.83 Å². The zero-order valence-electron chi connectivity index (χ0n) is 8.67. The van der Waals surface area contributed by atoms with E-state index in [1.165, 1.54) is 0 Å². The van der Waals surface area contributed by atoms with Gasteiger partial charge in [-0.05, 0) is 24.3 Å². The highest BCUT2D eigenvalue weighted by Crippen LogP contribution is 2.25. The Morgan fingerprint density at radius 2 is 1.06 bits per heavy atom. The van der Waals surface area contributed by atoms with Gasteiger partial charge in [-0.3, -0.25) is 0 Å². The van der Waals surface area contributed by atoms with E-state index in [0.29, 0.717) is 21.4 Å². The van der Waals surface area contributed by atoms with Crippen molar-refractivity contribution in [1.82, 2.24) is 20.4 Å². The van der Waals surface area contributed by atoms with Gasteiger partial charge < -0.3 is 8.83 Å². The van der Waals surface area contributed by atoms with Gasteiger partial charge in [0.05, 0.1) is 0 Å². The van der Waals surface area contributed by atoms with E-state index < -0.39 is 0 Å². The molecule has 0 radical (unpaired) electrons. The average Bonchev–Trinajstić information content (AvgIpc) is 2.98. The Morgan fingerprint density at radius 1 is 0.667 bits per heavy atom. The standard InChI is InChI=1S/C10H4Br2N4O2/c11-9-15-13-7(17-9)5-1-2-6(4-3-5)8-14-16-10(12)18-8/h1-4H. The fourth-order valence-corrected chi connectivity index (χ4v) is 1.86. The van der Waals surface area contributed by atoms with Gasteiger partial charge in [0.1, 0.15) is 0 Å². The zero-order valence-corrected chi connectivity index (χ0v) is 11.8. The molecule has 8 heteroatoms. The molecule has 0 N–H and O–H groups in total. The van der Waals surface area contributed by atoms with E-state index >= 15 is 0 Å². The monoisotopic (exact) mass is 370 g/mol. The third-order valence-corrected chi connectivity index (χ3v) is 2.82. The molecule has 1 aromatic carbocycles. The van der Waals surface area contributed by atoms with Crippen LogP contribution < -0.4 is 0 Å². The van der Waals surface area contributed by atoms with Gasteiger partial charge in [-0.15, -0.1) is 20.4 Å². The van der Waals surface area contributed by atoms with Gasteiger partial charge >= 0.3 is 0 Å². The van der Waals surface area contributed by atoms with Crippen LogP contribution in [0, 0.1) is 0 Å². The molecule has 3 rings (SSSR count). The molecule has 0 amide bonds. The molecule has 0 aliphatic heterocycles. The first-order valence-corrected chi connectivity index (χ1v) is 6.40. The van der Waals surface area contributed by atoms with Crippen LogP contribution in [-0.4, -0.2) is 20.4 Å². The molecule has 0 spiro atoms. The van der Waals surface area contributed by atoms with Gasteiger partial charge in [-0.2, -0.15) is 0 Å². The highest BCUT2D eigenvalue weighted by molar-refractivity contribution is 9.10. The van der Waals surface area contributed by atoms with Crippen molar-refractivity contribution in [2.24, 2.45) is 0 Å². The summed E-state index contributed by atoms with van der Waals surface area (Å²) in [5.74, 6) is 0.889.